The Morgan fingerprint density at radius 3 is 2.35 bits per heavy atom. The highest BCUT2D eigenvalue weighted by molar-refractivity contribution is 9.10. The highest BCUT2D eigenvalue weighted by Crippen LogP contribution is 2.33. The monoisotopic (exact) mass is 663 g/mol. The smallest absolute Gasteiger partial charge is 0.343 e. The van der Waals surface area contributed by atoms with Gasteiger partial charge in [-0.25, -0.2) is 10.2 Å². The Hall–Kier alpha value is -4.48. The Morgan fingerprint density at radius 1 is 0.775 bits per heavy atom. The Morgan fingerprint density at radius 2 is 1.52 bits per heavy atom. The number of nitrogens with one attached hydrogen (secondary N) is 2. The number of halogens is 2. The normalized spacial score (nSPS) is 11.8. The van der Waals surface area contributed by atoms with E-state index in [0.717, 1.165) is 8.95 Å². The maximum Gasteiger partial charge on any atom is 0.343 e. The number of carbonyl (C=O) groups excluding carboxylic acids is 3. The van der Waals surface area contributed by atoms with Crippen LogP contribution in [-0.4, -0.2) is 30.8 Å². The third kappa shape index (κ3) is 6.56. The van der Waals surface area contributed by atoms with E-state index in [1.807, 2.05) is 0 Å². The number of anilines is 1. The number of amides is 2. The molecule has 4 aromatic carbocycles. The molecule has 9 nitrogen and oxygen atoms in total. The number of hydrogen-bond donors (Lipinski definition) is 2. The minimum absolute atomic E-state index is 0.0950. The lowest BCUT2D eigenvalue weighted by molar-refractivity contribution is 0.0733. The summed E-state index contributed by atoms with van der Waals surface area (Å²) in [6.45, 7) is 0.0950. The van der Waals surface area contributed by atoms with Crippen molar-refractivity contribution in [2.45, 2.75) is 0 Å². The molecule has 2 amide bonds. The van der Waals surface area contributed by atoms with Gasteiger partial charge >= 0.3 is 5.97 Å². The van der Waals surface area contributed by atoms with Crippen LogP contribution in [0.4, 0.5) is 5.69 Å². The first-order valence-corrected chi connectivity index (χ1v) is 13.4. The van der Waals surface area contributed by atoms with Crippen LogP contribution in [0.1, 0.15) is 36.6 Å². The van der Waals surface area contributed by atoms with Gasteiger partial charge in [-0.15, -0.1) is 0 Å². The minimum atomic E-state index is -0.596. The van der Waals surface area contributed by atoms with Gasteiger partial charge in [0.25, 0.3) is 11.8 Å². The standard InChI is InChI=1S/C29H19Br2N3O6/c30-21-7-4-17(5-8-21)27(35)33-23-3-1-2-18(13-23)28(36)34-32-15-20-12-22(31)9-11-24(20)40-29(37)19-6-10-25-26(14-19)39-16-38-25/h1-15H,16H2,(H,33,35)(H,34,36). The van der Waals surface area contributed by atoms with Gasteiger partial charge in [0, 0.05) is 31.3 Å². The van der Waals surface area contributed by atoms with Gasteiger partial charge < -0.3 is 19.5 Å². The molecule has 11 heteroatoms. The van der Waals surface area contributed by atoms with Gasteiger partial charge in [0.2, 0.25) is 6.79 Å². The molecule has 5 rings (SSSR count). The van der Waals surface area contributed by atoms with Crippen molar-refractivity contribution in [3.8, 4) is 17.2 Å². The Kier molecular flexibility index (Phi) is 8.23. The van der Waals surface area contributed by atoms with E-state index in [1.54, 1.807) is 84.9 Å². The predicted molar refractivity (Wildman–Crippen MR) is 155 cm³/mol. The SMILES string of the molecule is O=C(NN=Cc1cc(Br)ccc1OC(=O)c1ccc2c(c1)OCO2)c1cccc(NC(=O)c2ccc(Br)cc2)c1. The van der Waals surface area contributed by atoms with E-state index in [1.165, 1.54) is 6.21 Å². The number of nitrogens with zero attached hydrogens (tertiary/aromatic N) is 1. The molecule has 0 atom stereocenters. The van der Waals surface area contributed by atoms with Crippen LogP contribution in [-0.2, 0) is 0 Å². The molecule has 0 saturated heterocycles. The summed E-state index contributed by atoms with van der Waals surface area (Å²) in [7, 11) is 0. The third-order valence-electron chi connectivity index (χ3n) is 5.64. The van der Waals surface area contributed by atoms with Gasteiger partial charge in [-0.05, 0) is 78.9 Å². The zero-order chi connectivity index (χ0) is 28.1. The van der Waals surface area contributed by atoms with Crippen molar-refractivity contribution in [3.05, 3.63) is 116 Å². The topological polar surface area (TPSA) is 115 Å². The van der Waals surface area contributed by atoms with Gasteiger partial charge in [0.15, 0.2) is 11.5 Å². The number of hydrogen-bond acceptors (Lipinski definition) is 7. The summed E-state index contributed by atoms with van der Waals surface area (Å²) >= 11 is 6.73. The summed E-state index contributed by atoms with van der Waals surface area (Å²) in [6.07, 6.45) is 1.37. The molecule has 0 fully saturated rings. The number of benzene rings is 4. The second-order valence-corrected chi connectivity index (χ2v) is 10.2. The fourth-order valence-corrected chi connectivity index (χ4v) is 4.31. The van der Waals surface area contributed by atoms with Crippen molar-refractivity contribution in [2.24, 2.45) is 5.10 Å². The van der Waals surface area contributed by atoms with Crippen molar-refractivity contribution in [3.63, 3.8) is 0 Å². The molecule has 1 heterocycles. The van der Waals surface area contributed by atoms with Crippen LogP contribution in [0.3, 0.4) is 0 Å². The van der Waals surface area contributed by atoms with E-state index in [4.69, 9.17) is 14.2 Å². The molecule has 200 valence electrons. The summed E-state index contributed by atoms with van der Waals surface area (Å²) < 4.78 is 17.8. The van der Waals surface area contributed by atoms with Crippen LogP contribution in [0.15, 0.2) is 99.0 Å². The number of carbonyl (C=O) groups is 3. The largest absolute Gasteiger partial charge is 0.454 e. The first-order valence-electron chi connectivity index (χ1n) is 11.8. The number of esters is 1. The lowest BCUT2D eigenvalue weighted by Crippen LogP contribution is -2.18. The Labute approximate surface area is 245 Å². The van der Waals surface area contributed by atoms with E-state index in [-0.39, 0.29) is 29.6 Å². The van der Waals surface area contributed by atoms with Crippen molar-refractivity contribution in [2.75, 3.05) is 12.1 Å². The zero-order valence-corrected chi connectivity index (χ0v) is 23.7. The molecule has 0 unspecified atom stereocenters. The van der Waals surface area contributed by atoms with Crippen LogP contribution in [0, 0.1) is 0 Å². The molecule has 4 aromatic rings. The molecule has 1 aliphatic heterocycles. The molecule has 0 radical (unpaired) electrons. The van der Waals surface area contributed by atoms with Gasteiger partial charge in [-0.1, -0.05) is 37.9 Å². The maximum atomic E-state index is 12.8. The van der Waals surface area contributed by atoms with Crippen LogP contribution in [0.5, 0.6) is 17.2 Å². The fourth-order valence-electron chi connectivity index (χ4n) is 3.66. The molecular formula is C29H19Br2N3O6. The van der Waals surface area contributed by atoms with Crippen LogP contribution < -0.4 is 25.0 Å². The maximum absolute atomic E-state index is 12.8. The van der Waals surface area contributed by atoms with Crippen molar-refractivity contribution >= 4 is 61.5 Å². The number of fused-ring (bicyclic) bond motifs is 1. The fraction of sp³-hybridized carbons (Fsp3) is 0.0345. The van der Waals surface area contributed by atoms with Crippen molar-refractivity contribution < 1.29 is 28.6 Å². The summed E-state index contributed by atoms with van der Waals surface area (Å²) in [4.78, 5) is 38.0. The molecule has 2 N–H and O–H groups in total. The average Bonchev–Trinajstić information content (AvgIpc) is 3.43. The summed E-state index contributed by atoms with van der Waals surface area (Å²) in [5.41, 5.74) is 4.40. The van der Waals surface area contributed by atoms with E-state index < -0.39 is 11.9 Å². The van der Waals surface area contributed by atoms with Crippen LogP contribution >= 0.6 is 31.9 Å². The highest BCUT2D eigenvalue weighted by atomic mass is 79.9. The average molecular weight is 665 g/mol. The second kappa shape index (κ2) is 12.1. The number of hydrazone groups is 1. The van der Waals surface area contributed by atoms with E-state index >= 15 is 0 Å². The Bertz CT molecular complexity index is 1640. The van der Waals surface area contributed by atoms with E-state index in [9.17, 15) is 14.4 Å². The lowest BCUT2D eigenvalue weighted by Gasteiger charge is -2.09. The van der Waals surface area contributed by atoms with E-state index in [2.05, 4.69) is 47.7 Å². The second-order valence-electron chi connectivity index (χ2n) is 8.38. The van der Waals surface area contributed by atoms with Crippen molar-refractivity contribution in [1.29, 1.82) is 0 Å². The van der Waals surface area contributed by atoms with Gasteiger partial charge in [-0.3, -0.25) is 9.59 Å². The van der Waals surface area contributed by atoms with Gasteiger partial charge in [0.05, 0.1) is 11.8 Å². The molecule has 0 saturated carbocycles. The quantitative estimate of drug-likeness (QED) is 0.106. The summed E-state index contributed by atoms with van der Waals surface area (Å²) in [5.74, 6) is -0.138. The first kappa shape index (κ1) is 27.1. The first-order chi connectivity index (χ1) is 19.4. The number of rotatable bonds is 7. The molecule has 40 heavy (non-hydrogen) atoms. The molecule has 1 aliphatic rings. The predicted octanol–water partition coefficient (Wildman–Crippen LogP) is 6.18. The lowest BCUT2D eigenvalue weighted by atomic mass is 10.1. The molecule has 0 aliphatic carbocycles. The van der Waals surface area contributed by atoms with E-state index in [0.29, 0.717) is 28.3 Å². The van der Waals surface area contributed by atoms with Gasteiger partial charge in [-0.2, -0.15) is 5.10 Å². The van der Waals surface area contributed by atoms with Gasteiger partial charge in [0.1, 0.15) is 5.75 Å². The summed E-state index contributed by atoms with van der Waals surface area (Å²) in [6, 6.07) is 23.2. The molecule has 0 spiro atoms. The Balaban J connectivity index is 1.24. The highest BCUT2D eigenvalue weighted by Gasteiger charge is 2.18. The van der Waals surface area contributed by atoms with Crippen LogP contribution in [0.25, 0.3) is 0 Å². The molecular weight excluding hydrogens is 646 g/mol. The van der Waals surface area contributed by atoms with Crippen molar-refractivity contribution in [1.82, 2.24) is 5.43 Å². The van der Waals surface area contributed by atoms with Crippen LogP contribution in [0.2, 0.25) is 0 Å². The number of ether oxygens (including phenoxy) is 3. The summed E-state index contributed by atoms with van der Waals surface area (Å²) in [5, 5.41) is 6.80. The zero-order valence-electron chi connectivity index (χ0n) is 20.5. The third-order valence-corrected chi connectivity index (χ3v) is 6.66. The molecule has 0 bridgehead atoms. The minimum Gasteiger partial charge on any atom is -0.454 e. The molecule has 0 aromatic heterocycles.